The summed E-state index contributed by atoms with van der Waals surface area (Å²) >= 11 is 12.2. The minimum atomic E-state index is -0.344. The second-order valence-corrected chi connectivity index (χ2v) is 7.65. The number of carbonyl (C=O) groups excluding carboxylic acids is 1. The summed E-state index contributed by atoms with van der Waals surface area (Å²) in [6, 6.07) is 7.59. The first-order valence-corrected chi connectivity index (χ1v) is 9.59. The van der Waals surface area contributed by atoms with Gasteiger partial charge in [-0.05, 0) is 38.5 Å². The highest BCUT2D eigenvalue weighted by Crippen LogP contribution is 2.23. The fraction of sp³-hybridized carbons (Fsp3) is 0.474. The largest absolute Gasteiger partial charge is 0.338 e. The average molecular weight is 395 g/mol. The van der Waals surface area contributed by atoms with Gasteiger partial charge in [0.05, 0.1) is 16.4 Å². The van der Waals surface area contributed by atoms with Crippen molar-refractivity contribution in [2.75, 3.05) is 26.2 Å². The molecule has 0 radical (unpaired) electrons. The van der Waals surface area contributed by atoms with Gasteiger partial charge < -0.3 is 4.90 Å². The van der Waals surface area contributed by atoms with Crippen molar-refractivity contribution in [2.24, 2.45) is 0 Å². The smallest absolute Gasteiger partial charge is 0.247 e. The Morgan fingerprint density at radius 1 is 1.12 bits per heavy atom. The predicted octanol–water partition coefficient (Wildman–Crippen LogP) is 3.71. The Kier molecular flexibility index (Phi) is 5.90. The lowest BCUT2D eigenvalue weighted by atomic mass is 10.2. The Morgan fingerprint density at radius 2 is 1.73 bits per heavy atom. The van der Waals surface area contributed by atoms with Crippen LogP contribution in [-0.2, 0) is 11.3 Å². The van der Waals surface area contributed by atoms with Crippen LogP contribution >= 0.6 is 23.2 Å². The number of halogens is 2. The van der Waals surface area contributed by atoms with E-state index in [4.69, 9.17) is 23.2 Å². The molecule has 140 valence electrons. The van der Waals surface area contributed by atoms with Crippen molar-refractivity contribution < 1.29 is 4.79 Å². The summed E-state index contributed by atoms with van der Waals surface area (Å²) < 4.78 is 1.74. The summed E-state index contributed by atoms with van der Waals surface area (Å²) in [5.41, 5.74) is 2.84. The zero-order valence-electron chi connectivity index (χ0n) is 15.4. The number of hydrogen-bond acceptors (Lipinski definition) is 3. The molecule has 5 nitrogen and oxygen atoms in total. The Hall–Kier alpha value is -1.56. The van der Waals surface area contributed by atoms with E-state index in [0.29, 0.717) is 5.02 Å². The molecule has 0 N–H and O–H groups in total. The van der Waals surface area contributed by atoms with Gasteiger partial charge >= 0.3 is 0 Å². The van der Waals surface area contributed by atoms with Crippen LogP contribution in [0.2, 0.25) is 10.0 Å². The van der Waals surface area contributed by atoms with Crippen LogP contribution in [0.25, 0.3) is 0 Å². The molecule has 0 spiro atoms. The molecular weight excluding hydrogens is 371 g/mol. The molecule has 0 saturated carbocycles. The van der Waals surface area contributed by atoms with Crippen LogP contribution in [0.5, 0.6) is 0 Å². The van der Waals surface area contributed by atoms with Crippen molar-refractivity contribution in [3.8, 4) is 0 Å². The lowest BCUT2D eigenvalue weighted by Gasteiger charge is -2.36. The number of rotatable bonds is 4. The van der Waals surface area contributed by atoms with E-state index in [1.165, 1.54) is 5.56 Å². The minimum absolute atomic E-state index is 0.0957. The summed E-state index contributed by atoms with van der Waals surface area (Å²) in [5.74, 6) is 0.0957. The molecule has 1 aromatic heterocycles. The standard InChI is InChI=1S/C19H24Cl2N4O/c1-13-18(21)14(2)25(22-13)15(3)19(26)24-10-8-23(9-11-24)12-16-4-6-17(20)7-5-16/h4-7,15H,8-12H2,1-3H3. The summed E-state index contributed by atoms with van der Waals surface area (Å²) in [7, 11) is 0. The van der Waals surface area contributed by atoms with Crippen molar-refractivity contribution in [3.05, 3.63) is 51.3 Å². The normalized spacial score (nSPS) is 16.7. The Morgan fingerprint density at radius 3 is 2.27 bits per heavy atom. The Bertz CT molecular complexity index is 780. The first-order valence-electron chi connectivity index (χ1n) is 8.83. The first-order chi connectivity index (χ1) is 12.4. The van der Waals surface area contributed by atoms with Gasteiger partial charge in [-0.25, -0.2) is 0 Å². The number of benzene rings is 1. The number of amides is 1. The molecule has 1 aromatic carbocycles. The molecule has 2 heterocycles. The summed E-state index contributed by atoms with van der Waals surface area (Å²) in [5, 5.41) is 5.81. The van der Waals surface area contributed by atoms with Gasteiger partial charge in [0.15, 0.2) is 0 Å². The predicted molar refractivity (Wildman–Crippen MR) is 105 cm³/mol. The van der Waals surface area contributed by atoms with Gasteiger partial charge in [0.1, 0.15) is 6.04 Å². The van der Waals surface area contributed by atoms with Gasteiger partial charge in [-0.2, -0.15) is 5.10 Å². The van der Waals surface area contributed by atoms with Crippen LogP contribution in [0.15, 0.2) is 24.3 Å². The molecule has 7 heteroatoms. The van der Waals surface area contributed by atoms with E-state index in [0.717, 1.165) is 49.1 Å². The third-order valence-electron chi connectivity index (χ3n) is 4.96. The molecule has 1 amide bonds. The minimum Gasteiger partial charge on any atom is -0.338 e. The van der Waals surface area contributed by atoms with Gasteiger partial charge in [-0.3, -0.25) is 14.4 Å². The molecule has 1 fully saturated rings. The van der Waals surface area contributed by atoms with Crippen molar-refractivity contribution in [1.29, 1.82) is 0 Å². The third-order valence-corrected chi connectivity index (χ3v) is 5.76. The van der Waals surface area contributed by atoms with Gasteiger partial charge in [0.25, 0.3) is 0 Å². The highest BCUT2D eigenvalue weighted by Gasteiger charge is 2.28. The van der Waals surface area contributed by atoms with E-state index in [9.17, 15) is 4.79 Å². The third kappa shape index (κ3) is 4.05. The lowest BCUT2D eigenvalue weighted by Crippen LogP contribution is -2.50. The second-order valence-electron chi connectivity index (χ2n) is 6.83. The van der Waals surface area contributed by atoms with E-state index in [1.54, 1.807) is 4.68 Å². The van der Waals surface area contributed by atoms with Crippen LogP contribution < -0.4 is 0 Å². The zero-order chi connectivity index (χ0) is 18.8. The van der Waals surface area contributed by atoms with Crippen LogP contribution in [-0.4, -0.2) is 51.7 Å². The molecule has 1 aliphatic heterocycles. The van der Waals surface area contributed by atoms with E-state index in [1.807, 2.05) is 37.8 Å². The van der Waals surface area contributed by atoms with Crippen molar-refractivity contribution in [2.45, 2.75) is 33.4 Å². The second kappa shape index (κ2) is 7.99. The number of hydrogen-bond donors (Lipinski definition) is 0. The molecule has 0 aliphatic carbocycles. The van der Waals surface area contributed by atoms with Gasteiger partial charge in [0, 0.05) is 37.7 Å². The highest BCUT2D eigenvalue weighted by molar-refractivity contribution is 6.31. The maximum atomic E-state index is 12.9. The molecular formula is C19H24Cl2N4O. The van der Waals surface area contributed by atoms with Gasteiger partial charge in [-0.15, -0.1) is 0 Å². The van der Waals surface area contributed by atoms with E-state index in [2.05, 4.69) is 22.1 Å². The quantitative estimate of drug-likeness (QED) is 0.793. The summed E-state index contributed by atoms with van der Waals surface area (Å²) in [6.07, 6.45) is 0. The molecule has 26 heavy (non-hydrogen) atoms. The number of nitrogens with zero attached hydrogens (tertiary/aromatic N) is 4. The van der Waals surface area contributed by atoms with E-state index in [-0.39, 0.29) is 11.9 Å². The van der Waals surface area contributed by atoms with Crippen LogP contribution in [0, 0.1) is 13.8 Å². The molecule has 0 bridgehead atoms. The number of piperazine rings is 1. The summed E-state index contributed by atoms with van der Waals surface area (Å²) in [6.45, 7) is 9.69. The van der Waals surface area contributed by atoms with Crippen LogP contribution in [0.1, 0.15) is 29.9 Å². The Labute approximate surface area is 164 Å². The number of carbonyl (C=O) groups is 1. The van der Waals surface area contributed by atoms with Crippen molar-refractivity contribution in [3.63, 3.8) is 0 Å². The van der Waals surface area contributed by atoms with E-state index >= 15 is 0 Å². The fourth-order valence-corrected chi connectivity index (χ4v) is 3.61. The van der Waals surface area contributed by atoms with E-state index < -0.39 is 0 Å². The lowest BCUT2D eigenvalue weighted by molar-refractivity contribution is -0.136. The maximum absolute atomic E-state index is 12.9. The topological polar surface area (TPSA) is 41.4 Å². The highest BCUT2D eigenvalue weighted by atomic mass is 35.5. The van der Waals surface area contributed by atoms with Crippen molar-refractivity contribution in [1.82, 2.24) is 19.6 Å². The average Bonchev–Trinajstić information content (AvgIpc) is 2.90. The molecule has 2 aromatic rings. The SMILES string of the molecule is Cc1nn(C(C)C(=O)N2CCN(Cc3ccc(Cl)cc3)CC2)c(C)c1Cl. The number of aryl methyl sites for hydroxylation is 1. The molecule has 1 aliphatic rings. The molecule has 1 saturated heterocycles. The van der Waals surface area contributed by atoms with Crippen molar-refractivity contribution >= 4 is 29.1 Å². The first kappa shape index (κ1) is 19.2. The van der Waals surface area contributed by atoms with Gasteiger partial charge in [0.2, 0.25) is 5.91 Å². The molecule has 1 atom stereocenters. The number of aromatic nitrogens is 2. The van der Waals surface area contributed by atoms with Crippen LogP contribution in [0.3, 0.4) is 0 Å². The summed E-state index contributed by atoms with van der Waals surface area (Å²) in [4.78, 5) is 17.1. The van der Waals surface area contributed by atoms with Gasteiger partial charge in [-0.1, -0.05) is 35.3 Å². The molecule has 3 rings (SSSR count). The maximum Gasteiger partial charge on any atom is 0.247 e. The fourth-order valence-electron chi connectivity index (χ4n) is 3.36. The molecule has 1 unspecified atom stereocenters. The van der Waals surface area contributed by atoms with Crippen LogP contribution in [0.4, 0.5) is 0 Å². The Balaban J connectivity index is 1.57. The monoisotopic (exact) mass is 394 g/mol. The zero-order valence-corrected chi connectivity index (χ0v) is 16.9.